The Morgan fingerprint density at radius 1 is 1.14 bits per heavy atom. The van der Waals surface area contributed by atoms with Gasteiger partial charge in [-0.2, -0.15) is 0 Å². The van der Waals surface area contributed by atoms with E-state index in [-0.39, 0.29) is 18.6 Å². The van der Waals surface area contributed by atoms with Crippen LogP contribution < -0.4 is 4.74 Å². The molecule has 22 heavy (non-hydrogen) atoms. The van der Waals surface area contributed by atoms with Gasteiger partial charge in [0.2, 0.25) is 0 Å². The van der Waals surface area contributed by atoms with Gasteiger partial charge in [-0.1, -0.05) is 30.3 Å². The summed E-state index contributed by atoms with van der Waals surface area (Å²) in [6.07, 6.45) is 0.768. The van der Waals surface area contributed by atoms with Gasteiger partial charge in [-0.15, -0.1) is 0 Å². The largest absolute Gasteiger partial charge is 0.484 e. The van der Waals surface area contributed by atoms with E-state index in [1.54, 1.807) is 36.2 Å². The number of carbonyl (C=O) groups excluding carboxylic acids is 2. The predicted molar refractivity (Wildman–Crippen MR) is 85.0 cm³/mol. The summed E-state index contributed by atoms with van der Waals surface area (Å²) >= 11 is 0. The van der Waals surface area contributed by atoms with Crippen molar-refractivity contribution in [3.8, 4) is 5.75 Å². The molecular formula is C18H19NO3. The van der Waals surface area contributed by atoms with E-state index < -0.39 is 0 Å². The third-order valence-electron chi connectivity index (χ3n) is 3.63. The van der Waals surface area contributed by atoms with Gasteiger partial charge in [0.05, 0.1) is 6.04 Å². The van der Waals surface area contributed by atoms with Crippen molar-refractivity contribution in [3.05, 3.63) is 65.7 Å². The number of carbonyl (C=O) groups is 2. The van der Waals surface area contributed by atoms with Gasteiger partial charge in [-0.3, -0.25) is 9.59 Å². The fourth-order valence-electron chi connectivity index (χ4n) is 2.06. The maximum Gasteiger partial charge on any atom is 0.260 e. The highest BCUT2D eigenvalue weighted by Gasteiger charge is 2.17. The molecule has 0 spiro atoms. The maximum absolute atomic E-state index is 12.2. The SMILES string of the molecule is CC(c1ccccc1)N(C)C(=O)COc1ccc(C=O)cc1. The molecule has 0 bridgehead atoms. The third kappa shape index (κ3) is 3.95. The molecule has 1 unspecified atom stereocenters. The minimum Gasteiger partial charge on any atom is -0.484 e. The molecule has 0 saturated carbocycles. The zero-order valence-electron chi connectivity index (χ0n) is 12.7. The summed E-state index contributed by atoms with van der Waals surface area (Å²) in [5, 5.41) is 0. The number of ether oxygens (including phenoxy) is 1. The molecule has 1 atom stereocenters. The van der Waals surface area contributed by atoms with Gasteiger partial charge in [-0.05, 0) is 36.8 Å². The molecule has 0 aliphatic carbocycles. The zero-order chi connectivity index (χ0) is 15.9. The second-order valence-corrected chi connectivity index (χ2v) is 5.07. The van der Waals surface area contributed by atoms with Crippen molar-refractivity contribution in [3.63, 3.8) is 0 Å². The number of nitrogens with zero attached hydrogens (tertiary/aromatic N) is 1. The molecule has 2 rings (SSSR count). The minimum absolute atomic E-state index is 0.0188. The molecule has 0 radical (unpaired) electrons. The summed E-state index contributed by atoms with van der Waals surface area (Å²) < 4.78 is 5.47. The molecule has 4 heteroatoms. The number of amides is 1. The summed E-state index contributed by atoms with van der Waals surface area (Å²) in [6.45, 7) is 1.94. The van der Waals surface area contributed by atoms with Gasteiger partial charge in [-0.25, -0.2) is 0 Å². The van der Waals surface area contributed by atoms with E-state index in [1.807, 2.05) is 37.3 Å². The van der Waals surface area contributed by atoms with E-state index in [9.17, 15) is 9.59 Å². The van der Waals surface area contributed by atoms with E-state index >= 15 is 0 Å². The fourth-order valence-corrected chi connectivity index (χ4v) is 2.06. The molecule has 1 amide bonds. The molecule has 0 aliphatic rings. The Hall–Kier alpha value is -2.62. The van der Waals surface area contributed by atoms with E-state index in [2.05, 4.69) is 0 Å². The van der Waals surface area contributed by atoms with Gasteiger partial charge >= 0.3 is 0 Å². The Morgan fingerprint density at radius 3 is 2.36 bits per heavy atom. The molecule has 4 nitrogen and oxygen atoms in total. The standard InChI is InChI=1S/C18H19NO3/c1-14(16-6-4-3-5-7-16)19(2)18(21)13-22-17-10-8-15(12-20)9-11-17/h3-12,14H,13H2,1-2H3. The average Bonchev–Trinajstić information content (AvgIpc) is 2.59. The molecule has 0 aliphatic heterocycles. The highest BCUT2D eigenvalue weighted by atomic mass is 16.5. The molecule has 0 saturated heterocycles. The Balaban J connectivity index is 1.92. The normalized spacial score (nSPS) is 11.5. The van der Waals surface area contributed by atoms with Crippen molar-refractivity contribution in [1.29, 1.82) is 0 Å². The quantitative estimate of drug-likeness (QED) is 0.770. The maximum atomic E-state index is 12.2. The molecule has 114 valence electrons. The number of hydrogen-bond acceptors (Lipinski definition) is 3. The highest BCUT2D eigenvalue weighted by molar-refractivity contribution is 5.78. The minimum atomic E-state index is -0.101. The van der Waals surface area contributed by atoms with Crippen molar-refractivity contribution in [2.45, 2.75) is 13.0 Å². The Kier molecular flexibility index (Phi) is 5.31. The zero-order valence-corrected chi connectivity index (χ0v) is 12.7. The molecule has 0 heterocycles. The molecule has 0 N–H and O–H groups in total. The first-order chi connectivity index (χ1) is 10.6. The summed E-state index contributed by atoms with van der Waals surface area (Å²) in [4.78, 5) is 24.4. The van der Waals surface area contributed by atoms with Gasteiger partial charge in [0, 0.05) is 12.6 Å². The average molecular weight is 297 g/mol. The fraction of sp³-hybridized carbons (Fsp3) is 0.222. The first-order valence-corrected chi connectivity index (χ1v) is 7.10. The van der Waals surface area contributed by atoms with Gasteiger partial charge in [0.25, 0.3) is 5.91 Å². The van der Waals surface area contributed by atoms with Crippen LogP contribution in [0.2, 0.25) is 0 Å². The third-order valence-corrected chi connectivity index (χ3v) is 3.63. The molecule has 2 aromatic carbocycles. The van der Waals surface area contributed by atoms with Crippen LogP contribution in [0.3, 0.4) is 0 Å². The number of benzene rings is 2. The number of aldehydes is 1. The van der Waals surface area contributed by atoms with Crippen LogP contribution in [-0.4, -0.2) is 30.7 Å². The van der Waals surface area contributed by atoms with E-state index in [4.69, 9.17) is 4.74 Å². The van der Waals surface area contributed by atoms with Gasteiger partial charge < -0.3 is 9.64 Å². The molecule has 0 aromatic heterocycles. The van der Waals surface area contributed by atoms with Gasteiger partial charge in [0.1, 0.15) is 12.0 Å². The van der Waals surface area contributed by atoms with Crippen molar-refractivity contribution >= 4 is 12.2 Å². The first kappa shape index (κ1) is 15.8. The van der Waals surface area contributed by atoms with Crippen molar-refractivity contribution < 1.29 is 14.3 Å². The van der Waals surface area contributed by atoms with E-state index in [1.165, 1.54) is 0 Å². The summed E-state index contributed by atoms with van der Waals surface area (Å²) in [7, 11) is 1.76. The second kappa shape index (κ2) is 7.41. The number of rotatable bonds is 6. The lowest BCUT2D eigenvalue weighted by atomic mass is 10.1. The second-order valence-electron chi connectivity index (χ2n) is 5.07. The predicted octanol–water partition coefficient (Wildman–Crippen LogP) is 3.10. The lowest BCUT2D eigenvalue weighted by molar-refractivity contribution is -0.134. The van der Waals surface area contributed by atoms with Crippen LogP contribution in [0.5, 0.6) is 5.75 Å². The lowest BCUT2D eigenvalue weighted by Crippen LogP contribution is -2.33. The topological polar surface area (TPSA) is 46.6 Å². The van der Waals surface area contributed by atoms with Crippen molar-refractivity contribution in [2.75, 3.05) is 13.7 Å². The monoisotopic (exact) mass is 297 g/mol. The van der Waals surface area contributed by atoms with Crippen LogP contribution in [0, 0.1) is 0 Å². The Labute approximate surface area is 130 Å². The molecule has 2 aromatic rings. The summed E-state index contributed by atoms with van der Waals surface area (Å²) in [5.41, 5.74) is 1.65. The van der Waals surface area contributed by atoms with E-state index in [0.29, 0.717) is 11.3 Å². The van der Waals surface area contributed by atoms with Crippen LogP contribution in [0.25, 0.3) is 0 Å². The Morgan fingerprint density at radius 2 is 1.77 bits per heavy atom. The summed E-state index contributed by atoms with van der Waals surface area (Å²) in [5.74, 6) is 0.468. The smallest absolute Gasteiger partial charge is 0.260 e. The molecule has 0 fully saturated rings. The first-order valence-electron chi connectivity index (χ1n) is 7.10. The van der Waals surface area contributed by atoms with Crippen LogP contribution in [0.15, 0.2) is 54.6 Å². The molecular weight excluding hydrogens is 278 g/mol. The number of hydrogen-bond donors (Lipinski definition) is 0. The lowest BCUT2D eigenvalue weighted by Gasteiger charge is -2.25. The Bertz CT molecular complexity index is 623. The van der Waals surface area contributed by atoms with Crippen LogP contribution in [0.1, 0.15) is 28.9 Å². The van der Waals surface area contributed by atoms with Crippen LogP contribution in [0.4, 0.5) is 0 Å². The van der Waals surface area contributed by atoms with Crippen LogP contribution >= 0.6 is 0 Å². The summed E-state index contributed by atoms with van der Waals surface area (Å²) in [6, 6.07) is 16.5. The van der Waals surface area contributed by atoms with Crippen LogP contribution in [-0.2, 0) is 4.79 Å². The van der Waals surface area contributed by atoms with Crippen molar-refractivity contribution in [2.24, 2.45) is 0 Å². The van der Waals surface area contributed by atoms with Crippen molar-refractivity contribution in [1.82, 2.24) is 4.90 Å². The van der Waals surface area contributed by atoms with Gasteiger partial charge in [0.15, 0.2) is 6.61 Å². The number of likely N-dealkylation sites (N-methyl/N-ethyl adjacent to an activating group) is 1. The van der Waals surface area contributed by atoms with E-state index in [0.717, 1.165) is 11.8 Å². The highest BCUT2D eigenvalue weighted by Crippen LogP contribution is 2.18.